The van der Waals surface area contributed by atoms with E-state index in [1.807, 2.05) is 13.8 Å². The summed E-state index contributed by atoms with van der Waals surface area (Å²) in [5.41, 5.74) is 8.42. The molecule has 1 amide bonds. The lowest BCUT2D eigenvalue weighted by molar-refractivity contribution is -0.148. The fraction of sp³-hybridized carbons (Fsp3) is 0.368. The molecule has 4 N–H and O–H groups in total. The van der Waals surface area contributed by atoms with Gasteiger partial charge in [0, 0.05) is 11.8 Å². The Bertz CT molecular complexity index is 937. The molecule has 0 saturated heterocycles. The van der Waals surface area contributed by atoms with Gasteiger partial charge in [-0.15, -0.1) is 0 Å². The van der Waals surface area contributed by atoms with Crippen LogP contribution in [0.4, 0.5) is 5.95 Å². The lowest BCUT2D eigenvalue weighted by atomic mass is 9.75. The van der Waals surface area contributed by atoms with Crippen molar-refractivity contribution in [2.45, 2.75) is 40.0 Å². The second kappa shape index (κ2) is 8.58. The van der Waals surface area contributed by atoms with Crippen molar-refractivity contribution >= 4 is 30.4 Å². The second-order valence-corrected chi connectivity index (χ2v) is 7.18. The van der Waals surface area contributed by atoms with E-state index in [9.17, 15) is 14.6 Å². The van der Waals surface area contributed by atoms with Crippen LogP contribution in [-0.2, 0) is 27.4 Å². The van der Waals surface area contributed by atoms with E-state index in [1.54, 1.807) is 25.1 Å². The van der Waals surface area contributed by atoms with Crippen LogP contribution in [0.1, 0.15) is 41.0 Å². The standard InChI is InChI=1S/C19H23BN4O5/c1-10(2)16(18(26)28-9-13-6-7-22-19(21)23-13)24-17(25)14-5-4-12-8-29-20(27)15(12)11(14)3/h4-7,10,16,27H,8-9H2,1-3H3,(H,24,25)(H2,21,22,23)/t16-/m0/s1. The monoisotopic (exact) mass is 398 g/mol. The van der Waals surface area contributed by atoms with Gasteiger partial charge in [-0.3, -0.25) is 4.79 Å². The molecule has 152 valence electrons. The third-order valence-electron chi connectivity index (χ3n) is 4.79. The first-order valence-corrected chi connectivity index (χ1v) is 9.25. The predicted octanol–water partition coefficient (Wildman–Crippen LogP) is 0.0827. The van der Waals surface area contributed by atoms with Crippen LogP contribution in [0.2, 0.25) is 0 Å². The van der Waals surface area contributed by atoms with E-state index in [-0.39, 0.29) is 18.5 Å². The molecule has 1 aliphatic heterocycles. The highest BCUT2D eigenvalue weighted by Crippen LogP contribution is 2.17. The molecule has 1 aliphatic rings. The molecule has 0 spiro atoms. The SMILES string of the molecule is Cc1c(C(=O)N[C@H](C(=O)OCc2ccnc(N)n2)C(C)C)ccc2c1B(O)OC2. The van der Waals surface area contributed by atoms with E-state index in [2.05, 4.69) is 15.3 Å². The minimum absolute atomic E-state index is 0.0773. The van der Waals surface area contributed by atoms with Crippen molar-refractivity contribution in [1.29, 1.82) is 0 Å². The molecule has 0 radical (unpaired) electrons. The third kappa shape index (κ3) is 4.55. The summed E-state index contributed by atoms with van der Waals surface area (Å²) in [7, 11) is -1.05. The minimum atomic E-state index is -1.05. The van der Waals surface area contributed by atoms with Crippen molar-refractivity contribution < 1.29 is 24.0 Å². The number of hydrogen-bond donors (Lipinski definition) is 3. The van der Waals surface area contributed by atoms with Gasteiger partial charge in [0.1, 0.15) is 12.6 Å². The molecule has 3 rings (SSSR count). The molecule has 1 atom stereocenters. The molecular weight excluding hydrogens is 375 g/mol. The molecule has 10 heteroatoms. The predicted molar refractivity (Wildman–Crippen MR) is 106 cm³/mol. The Kier molecular flexibility index (Phi) is 6.14. The average molecular weight is 398 g/mol. The summed E-state index contributed by atoms with van der Waals surface area (Å²) < 4.78 is 10.5. The maximum atomic E-state index is 12.8. The average Bonchev–Trinajstić information content (AvgIpc) is 3.06. The molecule has 2 aromatic rings. The minimum Gasteiger partial charge on any atom is -0.458 e. The Morgan fingerprint density at radius 2 is 2.14 bits per heavy atom. The number of benzene rings is 1. The van der Waals surface area contributed by atoms with E-state index < -0.39 is 25.0 Å². The van der Waals surface area contributed by atoms with Crippen LogP contribution in [0, 0.1) is 12.8 Å². The highest BCUT2D eigenvalue weighted by molar-refractivity contribution is 6.62. The van der Waals surface area contributed by atoms with Crippen molar-refractivity contribution in [1.82, 2.24) is 15.3 Å². The first kappa shape index (κ1) is 20.8. The normalized spacial score (nSPS) is 13.9. The molecule has 0 bridgehead atoms. The van der Waals surface area contributed by atoms with Crippen molar-refractivity contribution in [2.75, 3.05) is 5.73 Å². The number of rotatable bonds is 6. The van der Waals surface area contributed by atoms with Crippen LogP contribution in [-0.4, -0.2) is 40.0 Å². The number of esters is 1. The van der Waals surface area contributed by atoms with Gasteiger partial charge < -0.3 is 25.5 Å². The highest BCUT2D eigenvalue weighted by Gasteiger charge is 2.32. The Morgan fingerprint density at radius 1 is 1.38 bits per heavy atom. The first-order chi connectivity index (χ1) is 13.8. The summed E-state index contributed by atoms with van der Waals surface area (Å²) in [6.07, 6.45) is 1.47. The number of fused-ring (bicyclic) bond motifs is 1. The van der Waals surface area contributed by atoms with E-state index in [4.69, 9.17) is 15.1 Å². The number of aromatic nitrogens is 2. The molecule has 9 nitrogen and oxygen atoms in total. The number of anilines is 1. The molecule has 1 aromatic heterocycles. The summed E-state index contributed by atoms with van der Waals surface area (Å²) in [6.45, 7) is 5.58. The van der Waals surface area contributed by atoms with Crippen LogP contribution in [0.25, 0.3) is 0 Å². The van der Waals surface area contributed by atoms with Gasteiger partial charge in [-0.1, -0.05) is 19.9 Å². The zero-order chi connectivity index (χ0) is 21.1. The number of amides is 1. The fourth-order valence-corrected chi connectivity index (χ4v) is 3.20. The van der Waals surface area contributed by atoms with Gasteiger partial charge in [-0.2, -0.15) is 0 Å². The number of nitrogens with zero attached hydrogens (tertiary/aromatic N) is 2. The lowest BCUT2D eigenvalue weighted by Crippen LogP contribution is -2.46. The molecule has 0 saturated carbocycles. The van der Waals surface area contributed by atoms with E-state index in [0.29, 0.717) is 28.9 Å². The highest BCUT2D eigenvalue weighted by atomic mass is 16.5. The topological polar surface area (TPSA) is 137 Å². The lowest BCUT2D eigenvalue weighted by Gasteiger charge is -2.21. The van der Waals surface area contributed by atoms with Crippen LogP contribution in [0.5, 0.6) is 0 Å². The number of nitrogens with one attached hydrogen (secondary N) is 1. The van der Waals surface area contributed by atoms with Gasteiger partial charge in [0.05, 0.1) is 12.3 Å². The quantitative estimate of drug-likeness (QED) is 0.460. The van der Waals surface area contributed by atoms with Gasteiger partial charge in [0.15, 0.2) is 0 Å². The summed E-state index contributed by atoms with van der Waals surface area (Å²) in [4.78, 5) is 33.2. The van der Waals surface area contributed by atoms with Crippen molar-refractivity contribution in [3.05, 3.63) is 46.8 Å². The largest absolute Gasteiger partial charge is 0.492 e. The Balaban J connectivity index is 1.71. The van der Waals surface area contributed by atoms with Crippen LogP contribution in [0.3, 0.4) is 0 Å². The number of nitrogens with two attached hydrogens (primary N) is 1. The molecule has 0 aliphatic carbocycles. The van der Waals surface area contributed by atoms with Crippen molar-refractivity contribution in [3.8, 4) is 0 Å². The molecular formula is C19H23BN4O5. The Labute approximate surface area is 168 Å². The smallest absolute Gasteiger partial charge is 0.458 e. The zero-order valence-corrected chi connectivity index (χ0v) is 16.5. The van der Waals surface area contributed by atoms with E-state index in [0.717, 1.165) is 5.56 Å². The van der Waals surface area contributed by atoms with Gasteiger partial charge >= 0.3 is 13.1 Å². The maximum absolute atomic E-state index is 12.8. The number of carbonyl (C=O) groups excluding carboxylic acids is 2. The maximum Gasteiger partial charge on any atom is 0.492 e. The molecule has 0 unspecified atom stereocenters. The molecule has 29 heavy (non-hydrogen) atoms. The van der Waals surface area contributed by atoms with Gasteiger partial charge in [0.25, 0.3) is 5.91 Å². The first-order valence-electron chi connectivity index (χ1n) is 9.25. The van der Waals surface area contributed by atoms with Crippen LogP contribution < -0.4 is 16.5 Å². The third-order valence-corrected chi connectivity index (χ3v) is 4.79. The summed E-state index contributed by atoms with van der Waals surface area (Å²) in [5.74, 6) is -1.12. The fourth-order valence-electron chi connectivity index (χ4n) is 3.20. The Hall–Kier alpha value is -2.98. The van der Waals surface area contributed by atoms with Crippen LogP contribution in [0.15, 0.2) is 24.4 Å². The molecule has 0 fully saturated rings. The summed E-state index contributed by atoms with van der Waals surface area (Å²) >= 11 is 0. The molecule has 1 aromatic carbocycles. The number of nitrogen functional groups attached to an aromatic ring is 1. The van der Waals surface area contributed by atoms with E-state index >= 15 is 0 Å². The van der Waals surface area contributed by atoms with Crippen LogP contribution >= 0.6 is 0 Å². The van der Waals surface area contributed by atoms with Gasteiger partial charge in [-0.25, -0.2) is 14.8 Å². The van der Waals surface area contributed by atoms with E-state index in [1.165, 1.54) is 6.20 Å². The van der Waals surface area contributed by atoms with Gasteiger partial charge in [0.2, 0.25) is 5.95 Å². The number of ether oxygens (including phenoxy) is 1. The second-order valence-electron chi connectivity index (χ2n) is 7.18. The summed E-state index contributed by atoms with van der Waals surface area (Å²) in [6, 6.07) is 4.15. The molecule has 2 heterocycles. The van der Waals surface area contributed by atoms with Gasteiger partial charge in [-0.05, 0) is 41.6 Å². The zero-order valence-electron chi connectivity index (χ0n) is 16.5. The van der Waals surface area contributed by atoms with Crippen molar-refractivity contribution in [2.24, 2.45) is 5.92 Å². The Morgan fingerprint density at radius 3 is 2.83 bits per heavy atom. The number of hydrogen-bond acceptors (Lipinski definition) is 8. The summed E-state index contributed by atoms with van der Waals surface area (Å²) in [5, 5.41) is 12.7. The number of carbonyl (C=O) groups is 2. The van der Waals surface area contributed by atoms with Crippen molar-refractivity contribution in [3.63, 3.8) is 0 Å².